The molecule has 0 radical (unpaired) electrons. The van der Waals surface area contributed by atoms with Crippen LogP contribution >= 0.6 is 0 Å². The van der Waals surface area contributed by atoms with Crippen LogP contribution in [0.15, 0.2) is 24.5 Å². The Morgan fingerprint density at radius 2 is 2.36 bits per heavy atom. The lowest BCUT2D eigenvalue weighted by Gasteiger charge is -2.00. The Kier molecular flexibility index (Phi) is 2.15. The first-order chi connectivity index (χ1) is 6.83. The number of aromatic nitrogens is 2. The van der Waals surface area contributed by atoms with Crippen molar-refractivity contribution in [2.75, 3.05) is 0 Å². The van der Waals surface area contributed by atoms with Crippen LogP contribution in [0.2, 0.25) is 0 Å². The van der Waals surface area contributed by atoms with E-state index < -0.39 is 0 Å². The summed E-state index contributed by atoms with van der Waals surface area (Å²) in [6, 6.07) is 6.79. The molecular weight excluding hydrogens is 181 g/mol. The smallest absolute Gasteiger partial charge is 0.149 e. The molecule has 0 aliphatic heterocycles. The van der Waals surface area contributed by atoms with Crippen LogP contribution in [-0.4, -0.2) is 9.55 Å². The third kappa shape index (κ3) is 1.33. The second kappa shape index (κ2) is 3.46. The van der Waals surface area contributed by atoms with Gasteiger partial charge in [0.2, 0.25) is 0 Å². The molecular formula is C10H8FN3. The number of fused-ring (bicyclic) bond motifs is 1. The van der Waals surface area contributed by atoms with E-state index in [-0.39, 0.29) is 5.82 Å². The fourth-order valence-electron chi connectivity index (χ4n) is 1.42. The van der Waals surface area contributed by atoms with Crippen molar-refractivity contribution < 1.29 is 4.39 Å². The zero-order valence-corrected chi connectivity index (χ0v) is 7.44. The van der Waals surface area contributed by atoms with Gasteiger partial charge < -0.3 is 4.57 Å². The van der Waals surface area contributed by atoms with Gasteiger partial charge in [-0.1, -0.05) is 6.07 Å². The Hall–Kier alpha value is -1.89. The van der Waals surface area contributed by atoms with Crippen LogP contribution < -0.4 is 0 Å². The highest BCUT2D eigenvalue weighted by atomic mass is 19.1. The molecule has 14 heavy (non-hydrogen) atoms. The van der Waals surface area contributed by atoms with E-state index in [1.807, 2.05) is 6.07 Å². The van der Waals surface area contributed by atoms with Crippen LogP contribution in [0.3, 0.4) is 0 Å². The molecule has 70 valence electrons. The third-order valence-corrected chi connectivity index (χ3v) is 2.05. The molecule has 0 atom stereocenters. The average molecular weight is 189 g/mol. The molecule has 3 nitrogen and oxygen atoms in total. The van der Waals surface area contributed by atoms with Crippen molar-refractivity contribution in [3.63, 3.8) is 0 Å². The zero-order valence-electron chi connectivity index (χ0n) is 7.44. The number of hydrogen-bond donors (Lipinski definition) is 0. The number of hydrogen-bond acceptors (Lipinski definition) is 2. The van der Waals surface area contributed by atoms with Gasteiger partial charge in [-0.3, -0.25) is 0 Å². The normalized spacial score (nSPS) is 10.3. The number of aryl methyl sites for hydroxylation is 1. The van der Waals surface area contributed by atoms with Gasteiger partial charge >= 0.3 is 0 Å². The van der Waals surface area contributed by atoms with Crippen LogP contribution in [-0.2, 0) is 6.54 Å². The van der Waals surface area contributed by atoms with Crippen LogP contribution in [0, 0.1) is 17.1 Å². The van der Waals surface area contributed by atoms with Gasteiger partial charge in [-0.05, 0) is 12.1 Å². The van der Waals surface area contributed by atoms with Crippen LogP contribution in [0.5, 0.6) is 0 Å². The van der Waals surface area contributed by atoms with Crippen molar-refractivity contribution in [3.8, 4) is 6.07 Å². The van der Waals surface area contributed by atoms with E-state index >= 15 is 0 Å². The highest BCUT2D eigenvalue weighted by molar-refractivity contribution is 5.75. The van der Waals surface area contributed by atoms with E-state index in [1.54, 1.807) is 23.0 Å². The SMILES string of the molecule is N#CCCn1cnc2cccc(F)c21. The molecule has 0 unspecified atom stereocenters. The standard InChI is InChI=1S/C10H8FN3/c11-8-3-1-4-9-10(8)14(7-13-9)6-2-5-12/h1,3-4,7H,2,6H2. The van der Waals surface area contributed by atoms with E-state index in [9.17, 15) is 4.39 Å². The minimum Gasteiger partial charge on any atom is -0.327 e. The Bertz CT molecular complexity index is 496. The predicted molar refractivity (Wildman–Crippen MR) is 49.9 cm³/mol. The lowest BCUT2D eigenvalue weighted by atomic mass is 10.3. The molecule has 2 aromatic rings. The number of imidazole rings is 1. The molecule has 1 heterocycles. The number of rotatable bonds is 2. The minimum atomic E-state index is -0.294. The first-order valence-electron chi connectivity index (χ1n) is 4.29. The van der Waals surface area contributed by atoms with Gasteiger partial charge in [0.25, 0.3) is 0 Å². The maximum Gasteiger partial charge on any atom is 0.149 e. The molecule has 0 spiro atoms. The van der Waals surface area contributed by atoms with E-state index in [2.05, 4.69) is 4.98 Å². The fourth-order valence-corrected chi connectivity index (χ4v) is 1.42. The summed E-state index contributed by atoms with van der Waals surface area (Å²) in [5.74, 6) is -0.294. The molecule has 0 saturated heterocycles. The quantitative estimate of drug-likeness (QED) is 0.725. The summed E-state index contributed by atoms with van der Waals surface area (Å²) in [4.78, 5) is 4.05. The van der Waals surface area contributed by atoms with Gasteiger partial charge in [0.1, 0.15) is 11.3 Å². The summed E-state index contributed by atoms with van der Waals surface area (Å²) >= 11 is 0. The molecule has 2 rings (SSSR count). The van der Waals surface area contributed by atoms with E-state index in [1.165, 1.54) is 6.07 Å². The molecule has 1 aromatic heterocycles. The molecule has 0 N–H and O–H groups in total. The number of nitrogens with zero attached hydrogens (tertiary/aromatic N) is 3. The zero-order chi connectivity index (χ0) is 9.97. The molecule has 0 aliphatic carbocycles. The van der Waals surface area contributed by atoms with Crippen molar-refractivity contribution >= 4 is 11.0 Å². The van der Waals surface area contributed by atoms with Crippen molar-refractivity contribution in [2.24, 2.45) is 0 Å². The number of nitriles is 1. The molecule has 0 saturated carbocycles. The first-order valence-corrected chi connectivity index (χ1v) is 4.29. The lowest BCUT2D eigenvalue weighted by molar-refractivity contribution is 0.622. The number of halogens is 1. The predicted octanol–water partition coefficient (Wildman–Crippen LogP) is 2.09. The molecule has 1 aromatic carbocycles. The summed E-state index contributed by atoms with van der Waals surface area (Å²) in [6.45, 7) is 0.480. The Balaban J connectivity index is 2.51. The monoisotopic (exact) mass is 189 g/mol. The topological polar surface area (TPSA) is 41.6 Å². The van der Waals surface area contributed by atoms with Gasteiger partial charge in [0.15, 0.2) is 0 Å². The van der Waals surface area contributed by atoms with Crippen molar-refractivity contribution in [2.45, 2.75) is 13.0 Å². The maximum atomic E-state index is 13.4. The number of benzene rings is 1. The molecule has 0 aliphatic rings. The Morgan fingerprint density at radius 1 is 1.50 bits per heavy atom. The van der Waals surface area contributed by atoms with Gasteiger partial charge in [0, 0.05) is 6.54 Å². The lowest BCUT2D eigenvalue weighted by Crippen LogP contribution is -1.96. The summed E-state index contributed by atoms with van der Waals surface area (Å²) in [7, 11) is 0. The van der Waals surface area contributed by atoms with Crippen molar-refractivity contribution in [3.05, 3.63) is 30.3 Å². The third-order valence-electron chi connectivity index (χ3n) is 2.05. The summed E-state index contributed by atoms with van der Waals surface area (Å²) in [5, 5.41) is 8.43. The van der Waals surface area contributed by atoms with Crippen molar-refractivity contribution in [1.29, 1.82) is 5.26 Å². The fraction of sp³-hybridized carbons (Fsp3) is 0.200. The molecule has 0 bridgehead atoms. The minimum absolute atomic E-state index is 0.294. The second-order valence-corrected chi connectivity index (χ2v) is 2.95. The summed E-state index contributed by atoms with van der Waals surface area (Å²) in [5.41, 5.74) is 1.10. The maximum absolute atomic E-state index is 13.4. The highest BCUT2D eigenvalue weighted by Crippen LogP contribution is 2.16. The van der Waals surface area contributed by atoms with Crippen LogP contribution in [0.1, 0.15) is 6.42 Å². The largest absolute Gasteiger partial charge is 0.327 e. The second-order valence-electron chi connectivity index (χ2n) is 2.95. The van der Waals surface area contributed by atoms with Gasteiger partial charge in [0.05, 0.1) is 24.3 Å². The summed E-state index contributed by atoms with van der Waals surface area (Å²) < 4.78 is 15.0. The Labute approximate surface area is 80.4 Å². The highest BCUT2D eigenvalue weighted by Gasteiger charge is 2.06. The number of para-hydroxylation sites is 1. The van der Waals surface area contributed by atoms with Crippen LogP contribution in [0.25, 0.3) is 11.0 Å². The summed E-state index contributed by atoms with van der Waals surface area (Å²) in [6.07, 6.45) is 1.92. The molecule has 0 amide bonds. The van der Waals surface area contributed by atoms with Crippen LogP contribution in [0.4, 0.5) is 4.39 Å². The Morgan fingerprint density at radius 3 is 3.14 bits per heavy atom. The molecule has 0 fully saturated rings. The van der Waals surface area contributed by atoms with E-state index in [0.29, 0.717) is 24.0 Å². The first kappa shape index (κ1) is 8.70. The van der Waals surface area contributed by atoms with E-state index in [4.69, 9.17) is 5.26 Å². The van der Waals surface area contributed by atoms with Gasteiger partial charge in [-0.25, -0.2) is 9.37 Å². The molecule has 4 heteroatoms. The average Bonchev–Trinajstić information content (AvgIpc) is 2.59. The van der Waals surface area contributed by atoms with Gasteiger partial charge in [-0.2, -0.15) is 5.26 Å². The van der Waals surface area contributed by atoms with Gasteiger partial charge in [-0.15, -0.1) is 0 Å². The van der Waals surface area contributed by atoms with E-state index in [0.717, 1.165) is 0 Å². The van der Waals surface area contributed by atoms with Crippen molar-refractivity contribution in [1.82, 2.24) is 9.55 Å².